The molecule has 2 aromatic rings. The standard InChI is InChI=1S/C12H14F3N5/c1-2-9(16)10(12(13,14)15)20-18-11(17-19-20)8-6-4-3-5-7-8/h3-7,9-10H,2,16H2,1H3. The van der Waals surface area contributed by atoms with Gasteiger partial charge in [-0.25, -0.2) is 0 Å². The van der Waals surface area contributed by atoms with E-state index in [2.05, 4.69) is 15.4 Å². The molecule has 2 rings (SSSR count). The maximum absolute atomic E-state index is 13.0. The fourth-order valence-electron chi connectivity index (χ4n) is 1.81. The molecule has 0 radical (unpaired) electrons. The minimum atomic E-state index is -4.52. The molecule has 1 aromatic heterocycles. The molecule has 1 heterocycles. The van der Waals surface area contributed by atoms with E-state index in [1.54, 1.807) is 37.3 Å². The van der Waals surface area contributed by atoms with Crippen molar-refractivity contribution >= 4 is 0 Å². The van der Waals surface area contributed by atoms with E-state index < -0.39 is 18.3 Å². The predicted octanol–water partition coefficient (Wildman–Crippen LogP) is 2.18. The van der Waals surface area contributed by atoms with Crippen molar-refractivity contribution in [3.05, 3.63) is 30.3 Å². The van der Waals surface area contributed by atoms with Crippen molar-refractivity contribution < 1.29 is 13.2 Å². The summed E-state index contributed by atoms with van der Waals surface area (Å²) in [4.78, 5) is 0.552. The highest BCUT2D eigenvalue weighted by molar-refractivity contribution is 5.52. The van der Waals surface area contributed by atoms with Crippen LogP contribution in [0.1, 0.15) is 19.4 Å². The first-order valence-corrected chi connectivity index (χ1v) is 6.10. The van der Waals surface area contributed by atoms with Crippen LogP contribution in [0.15, 0.2) is 30.3 Å². The number of benzene rings is 1. The zero-order valence-electron chi connectivity index (χ0n) is 10.7. The minimum absolute atomic E-state index is 0.142. The van der Waals surface area contributed by atoms with Crippen LogP contribution in [0.4, 0.5) is 13.2 Å². The maximum Gasteiger partial charge on any atom is 0.414 e. The largest absolute Gasteiger partial charge is 0.414 e. The van der Waals surface area contributed by atoms with Gasteiger partial charge < -0.3 is 5.73 Å². The van der Waals surface area contributed by atoms with Gasteiger partial charge in [0, 0.05) is 11.6 Å². The lowest BCUT2D eigenvalue weighted by molar-refractivity contribution is -0.178. The van der Waals surface area contributed by atoms with Gasteiger partial charge in [0.05, 0.1) is 0 Å². The molecule has 5 nitrogen and oxygen atoms in total. The Kier molecular flexibility index (Phi) is 4.03. The molecule has 108 valence electrons. The third-order valence-corrected chi connectivity index (χ3v) is 2.92. The van der Waals surface area contributed by atoms with E-state index in [0.717, 1.165) is 0 Å². The molecule has 8 heteroatoms. The van der Waals surface area contributed by atoms with Crippen molar-refractivity contribution in [2.24, 2.45) is 5.73 Å². The number of rotatable bonds is 4. The molecule has 1 aromatic carbocycles. The van der Waals surface area contributed by atoms with Crippen LogP contribution in [0.3, 0.4) is 0 Å². The zero-order valence-corrected chi connectivity index (χ0v) is 10.7. The second kappa shape index (κ2) is 5.58. The molecule has 20 heavy (non-hydrogen) atoms. The maximum atomic E-state index is 13.0. The summed E-state index contributed by atoms with van der Waals surface area (Å²) in [5.74, 6) is 0.142. The first-order valence-electron chi connectivity index (χ1n) is 6.10. The van der Waals surface area contributed by atoms with E-state index in [1.165, 1.54) is 0 Å². The van der Waals surface area contributed by atoms with E-state index >= 15 is 0 Å². The van der Waals surface area contributed by atoms with Gasteiger partial charge in [0.25, 0.3) is 0 Å². The molecule has 0 saturated heterocycles. The van der Waals surface area contributed by atoms with Crippen LogP contribution in [0.25, 0.3) is 11.4 Å². The van der Waals surface area contributed by atoms with Crippen LogP contribution >= 0.6 is 0 Å². The fraction of sp³-hybridized carbons (Fsp3) is 0.417. The summed E-state index contributed by atoms with van der Waals surface area (Å²) in [6.45, 7) is 1.58. The third-order valence-electron chi connectivity index (χ3n) is 2.92. The Bertz CT molecular complexity index is 552. The number of hydrogen-bond acceptors (Lipinski definition) is 4. The number of alkyl halides is 3. The highest BCUT2D eigenvalue weighted by Gasteiger charge is 2.46. The summed E-state index contributed by atoms with van der Waals surface area (Å²) < 4.78 is 39.1. The normalized spacial score (nSPS) is 15.1. The Hall–Kier alpha value is -1.96. The second-order valence-corrected chi connectivity index (χ2v) is 4.36. The summed E-state index contributed by atoms with van der Waals surface area (Å²) in [5, 5.41) is 11.0. The number of tetrazole rings is 1. The molecule has 2 unspecified atom stereocenters. The summed E-state index contributed by atoms with van der Waals surface area (Å²) in [6.07, 6.45) is -4.36. The molecule has 0 saturated carbocycles. The SMILES string of the molecule is CCC(N)C(n1nnc(-c2ccccc2)n1)C(F)(F)F. The number of halogens is 3. The third kappa shape index (κ3) is 2.96. The number of nitrogens with two attached hydrogens (primary N) is 1. The van der Waals surface area contributed by atoms with Gasteiger partial charge in [0.2, 0.25) is 5.82 Å². The number of nitrogens with zero attached hydrogens (tertiary/aromatic N) is 4. The van der Waals surface area contributed by atoms with Crippen molar-refractivity contribution in [1.82, 2.24) is 20.2 Å². The van der Waals surface area contributed by atoms with E-state index in [9.17, 15) is 13.2 Å². The topological polar surface area (TPSA) is 69.6 Å². The monoisotopic (exact) mass is 285 g/mol. The molecule has 2 N–H and O–H groups in total. The van der Waals surface area contributed by atoms with Crippen LogP contribution in [0, 0.1) is 0 Å². The van der Waals surface area contributed by atoms with Crippen LogP contribution in [-0.4, -0.2) is 32.4 Å². The molecule has 0 aliphatic rings. The first-order chi connectivity index (χ1) is 9.43. The number of hydrogen-bond donors (Lipinski definition) is 1. The van der Waals surface area contributed by atoms with Gasteiger partial charge in [-0.1, -0.05) is 37.3 Å². The lowest BCUT2D eigenvalue weighted by Crippen LogP contribution is -2.42. The van der Waals surface area contributed by atoms with Gasteiger partial charge in [-0.15, -0.1) is 15.0 Å². The van der Waals surface area contributed by atoms with Crippen molar-refractivity contribution in [3.8, 4) is 11.4 Å². The zero-order chi connectivity index (χ0) is 14.8. The molecule has 0 amide bonds. The minimum Gasteiger partial charge on any atom is -0.325 e. The molecule has 0 fully saturated rings. The molecular weight excluding hydrogens is 271 g/mol. The number of aromatic nitrogens is 4. The van der Waals surface area contributed by atoms with Crippen molar-refractivity contribution in [1.29, 1.82) is 0 Å². The molecular formula is C12H14F3N5. The molecule has 0 aliphatic carbocycles. The molecule has 2 atom stereocenters. The lowest BCUT2D eigenvalue weighted by atomic mass is 10.1. The van der Waals surface area contributed by atoms with Crippen molar-refractivity contribution in [2.45, 2.75) is 31.6 Å². The van der Waals surface area contributed by atoms with E-state index in [0.29, 0.717) is 10.4 Å². The van der Waals surface area contributed by atoms with Gasteiger partial charge in [-0.3, -0.25) is 0 Å². The molecule has 0 bridgehead atoms. The van der Waals surface area contributed by atoms with Crippen LogP contribution in [0.5, 0.6) is 0 Å². The highest BCUT2D eigenvalue weighted by Crippen LogP contribution is 2.32. The van der Waals surface area contributed by atoms with Crippen LogP contribution < -0.4 is 5.73 Å². The van der Waals surface area contributed by atoms with Gasteiger partial charge in [-0.2, -0.15) is 13.2 Å². The van der Waals surface area contributed by atoms with Gasteiger partial charge in [0.15, 0.2) is 6.04 Å². The Labute approximate surface area is 113 Å². The Morgan fingerprint density at radius 2 is 1.90 bits per heavy atom. The summed E-state index contributed by atoms with van der Waals surface area (Å²) >= 11 is 0. The lowest BCUT2D eigenvalue weighted by Gasteiger charge is -2.23. The van der Waals surface area contributed by atoms with Gasteiger partial charge in [0.1, 0.15) is 0 Å². The smallest absolute Gasteiger partial charge is 0.325 e. The fourth-order valence-corrected chi connectivity index (χ4v) is 1.81. The second-order valence-electron chi connectivity index (χ2n) is 4.36. The van der Waals surface area contributed by atoms with Crippen molar-refractivity contribution in [3.63, 3.8) is 0 Å². The quantitative estimate of drug-likeness (QED) is 0.934. The predicted molar refractivity (Wildman–Crippen MR) is 66.6 cm³/mol. The van der Waals surface area contributed by atoms with Crippen LogP contribution in [0.2, 0.25) is 0 Å². The van der Waals surface area contributed by atoms with Gasteiger partial charge in [-0.05, 0) is 11.6 Å². The summed E-state index contributed by atoms with van der Waals surface area (Å²) in [6, 6.07) is 5.59. The highest BCUT2D eigenvalue weighted by atomic mass is 19.4. The Morgan fingerprint density at radius 3 is 2.45 bits per heavy atom. The first kappa shape index (κ1) is 14.4. The Morgan fingerprint density at radius 1 is 1.25 bits per heavy atom. The van der Waals surface area contributed by atoms with Crippen LogP contribution in [-0.2, 0) is 0 Å². The average molecular weight is 285 g/mol. The van der Waals surface area contributed by atoms with Crippen molar-refractivity contribution in [2.75, 3.05) is 0 Å². The van der Waals surface area contributed by atoms with E-state index in [-0.39, 0.29) is 12.2 Å². The average Bonchev–Trinajstić information content (AvgIpc) is 2.87. The summed E-state index contributed by atoms with van der Waals surface area (Å²) in [7, 11) is 0. The Balaban J connectivity index is 2.35. The molecule has 0 spiro atoms. The van der Waals surface area contributed by atoms with E-state index in [1.807, 2.05) is 0 Å². The molecule has 0 aliphatic heterocycles. The summed E-state index contributed by atoms with van der Waals surface area (Å²) in [5.41, 5.74) is 6.14. The van der Waals surface area contributed by atoms with E-state index in [4.69, 9.17) is 5.73 Å². The van der Waals surface area contributed by atoms with Gasteiger partial charge >= 0.3 is 6.18 Å².